The Morgan fingerprint density at radius 3 is 2.67 bits per heavy atom. The summed E-state index contributed by atoms with van der Waals surface area (Å²) < 4.78 is 13.4. The fraction of sp³-hybridized carbons (Fsp3) is 0.267. The summed E-state index contributed by atoms with van der Waals surface area (Å²) in [6.07, 6.45) is 5.99. The third kappa shape index (κ3) is 2.57. The third-order valence-electron chi connectivity index (χ3n) is 3.22. The molecule has 92 valence electrons. The predicted molar refractivity (Wildman–Crippen MR) is 69.5 cm³/mol. The Kier molecular flexibility index (Phi) is 3.07. The molecular weight excluding hydrogens is 227 g/mol. The lowest BCUT2D eigenvalue weighted by Crippen LogP contribution is -2.16. The first-order valence-corrected chi connectivity index (χ1v) is 6.25. The van der Waals surface area contributed by atoms with Crippen molar-refractivity contribution in [3.63, 3.8) is 0 Å². The van der Waals surface area contributed by atoms with E-state index in [-0.39, 0.29) is 5.82 Å². The highest BCUT2D eigenvalue weighted by Crippen LogP contribution is 2.25. The van der Waals surface area contributed by atoms with Crippen LogP contribution in [0.15, 0.2) is 42.7 Å². The van der Waals surface area contributed by atoms with Crippen LogP contribution in [0, 0.1) is 5.82 Å². The highest BCUT2D eigenvalue weighted by atomic mass is 19.1. The molecule has 1 aromatic carbocycles. The van der Waals surface area contributed by atoms with Gasteiger partial charge in [-0.25, -0.2) is 4.39 Å². The molecule has 0 aliphatic heterocycles. The van der Waals surface area contributed by atoms with Crippen molar-refractivity contribution in [1.82, 2.24) is 10.3 Å². The van der Waals surface area contributed by atoms with Crippen molar-refractivity contribution in [2.75, 3.05) is 0 Å². The molecule has 1 aliphatic rings. The molecule has 1 heterocycles. The largest absolute Gasteiger partial charge is 0.310 e. The Bertz CT molecular complexity index is 535. The first kappa shape index (κ1) is 11.4. The van der Waals surface area contributed by atoms with Crippen LogP contribution in [0.25, 0.3) is 11.1 Å². The average Bonchev–Trinajstić information content (AvgIpc) is 3.21. The number of pyridine rings is 1. The summed E-state index contributed by atoms with van der Waals surface area (Å²) in [5, 5.41) is 3.43. The molecule has 3 rings (SSSR count). The van der Waals surface area contributed by atoms with Gasteiger partial charge in [0, 0.05) is 25.0 Å². The lowest BCUT2D eigenvalue weighted by atomic mass is 10.0. The normalized spacial score (nSPS) is 14.7. The molecule has 0 spiro atoms. The molecule has 1 N–H and O–H groups in total. The number of nitrogens with one attached hydrogen (secondary N) is 1. The second kappa shape index (κ2) is 4.86. The molecule has 1 saturated carbocycles. The van der Waals surface area contributed by atoms with Gasteiger partial charge in [-0.15, -0.1) is 0 Å². The molecule has 0 amide bonds. The second-order valence-corrected chi connectivity index (χ2v) is 4.69. The highest BCUT2D eigenvalue weighted by molar-refractivity contribution is 5.66. The summed E-state index contributed by atoms with van der Waals surface area (Å²) in [7, 11) is 0. The van der Waals surface area contributed by atoms with Crippen LogP contribution in [-0.4, -0.2) is 11.0 Å². The molecule has 3 heteroatoms. The summed E-state index contributed by atoms with van der Waals surface area (Å²) in [6.45, 7) is 0.722. The number of benzene rings is 1. The average molecular weight is 242 g/mol. The number of nitrogens with zero attached hydrogens (tertiary/aromatic N) is 1. The van der Waals surface area contributed by atoms with Crippen molar-refractivity contribution in [3.05, 3.63) is 54.1 Å². The molecule has 0 unspecified atom stereocenters. The summed E-state index contributed by atoms with van der Waals surface area (Å²) in [5.74, 6) is -0.180. The minimum absolute atomic E-state index is 0.180. The Morgan fingerprint density at radius 2 is 1.94 bits per heavy atom. The molecular formula is C15H15FN2. The standard InChI is InChI=1S/C15H15FN2/c16-13-1-4-15(11-5-7-17-8-6-11)12(9-13)10-18-14-2-3-14/h1,4-9,14,18H,2-3,10H2. The van der Waals surface area contributed by atoms with E-state index < -0.39 is 0 Å². The number of aromatic nitrogens is 1. The molecule has 0 bridgehead atoms. The zero-order valence-corrected chi connectivity index (χ0v) is 10.1. The summed E-state index contributed by atoms with van der Waals surface area (Å²) >= 11 is 0. The summed E-state index contributed by atoms with van der Waals surface area (Å²) in [5.41, 5.74) is 3.16. The van der Waals surface area contributed by atoms with Crippen molar-refractivity contribution in [2.45, 2.75) is 25.4 Å². The van der Waals surface area contributed by atoms with Gasteiger partial charge in [-0.1, -0.05) is 6.07 Å². The minimum atomic E-state index is -0.180. The minimum Gasteiger partial charge on any atom is -0.310 e. The van der Waals surface area contributed by atoms with E-state index in [2.05, 4.69) is 10.3 Å². The van der Waals surface area contributed by atoms with E-state index in [1.807, 2.05) is 18.2 Å². The third-order valence-corrected chi connectivity index (χ3v) is 3.22. The Labute approximate surface area is 106 Å². The molecule has 18 heavy (non-hydrogen) atoms. The van der Waals surface area contributed by atoms with Crippen molar-refractivity contribution in [3.8, 4) is 11.1 Å². The SMILES string of the molecule is Fc1ccc(-c2ccncc2)c(CNC2CC2)c1. The molecule has 1 aliphatic carbocycles. The number of rotatable bonds is 4. The van der Waals surface area contributed by atoms with Gasteiger partial charge in [0.1, 0.15) is 5.82 Å². The first-order chi connectivity index (χ1) is 8.83. The van der Waals surface area contributed by atoms with E-state index in [0.717, 1.165) is 23.2 Å². The van der Waals surface area contributed by atoms with E-state index >= 15 is 0 Å². The van der Waals surface area contributed by atoms with E-state index in [1.54, 1.807) is 18.5 Å². The van der Waals surface area contributed by atoms with Crippen LogP contribution in [0.5, 0.6) is 0 Å². The molecule has 0 atom stereocenters. The molecule has 2 aromatic rings. The maximum atomic E-state index is 13.4. The van der Waals surface area contributed by atoms with Crippen LogP contribution in [0.1, 0.15) is 18.4 Å². The topological polar surface area (TPSA) is 24.9 Å². The van der Waals surface area contributed by atoms with Crippen LogP contribution in [0.3, 0.4) is 0 Å². The molecule has 0 radical (unpaired) electrons. The van der Waals surface area contributed by atoms with Gasteiger partial charge in [-0.3, -0.25) is 4.98 Å². The van der Waals surface area contributed by atoms with Crippen LogP contribution < -0.4 is 5.32 Å². The Balaban J connectivity index is 1.91. The maximum Gasteiger partial charge on any atom is 0.123 e. The molecule has 1 aromatic heterocycles. The van der Waals surface area contributed by atoms with Crippen LogP contribution in [0.2, 0.25) is 0 Å². The quantitative estimate of drug-likeness (QED) is 0.891. The smallest absolute Gasteiger partial charge is 0.123 e. The molecule has 1 fully saturated rings. The predicted octanol–water partition coefficient (Wildman–Crippen LogP) is 3.14. The first-order valence-electron chi connectivity index (χ1n) is 6.25. The lowest BCUT2D eigenvalue weighted by molar-refractivity contribution is 0.620. The molecule has 2 nitrogen and oxygen atoms in total. The van der Waals surface area contributed by atoms with Crippen LogP contribution in [0.4, 0.5) is 4.39 Å². The van der Waals surface area contributed by atoms with E-state index in [1.165, 1.54) is 18.9 Å². The van der Waals surface area contributed by atoms with Gasteiger partial charge in [-0.2, -0.15) is 0 Å². The Hall–Kier alpha value is -1.74. The van der Waals surface area contributed by atoms with Crippen LogP contribution >= 0.6 is 0 Å². The summed E-state index contributed by atoms with van der Waals surface area (Å²) in [6, 6.07) is 9.50. The van der Waals surface area contributed by atoms with Gasteiger partial charge in [0.2, 0.25) is 0 Å². The highest BCUT2D eigenvalue weighted by Gasteiger charge is 2.20. The molecule has 0 saturated heterocycles. The van der Waals surface area contributed by atoms with Crippen LogP contribution in [-0.2, 0) is 6.54 Å². The van der Waals surface area contributed by atoms with Gasteiger partial charge in [0.25, 0.3) is 0 Å². The van der Waals surface area contributed by atoms with Gasteiger partial charge >= 0.3 is 0 Å². The van der Waals surface area contributed by atoms with Crippen molar-refractivity contribution in [2.24, 2.45) is 0 Å². The lowest BCUT2D eigenvalue weighted by Gasteiger charge is -2.10. The van der Waals surface area contributed by atoms with Gasteiger partial charge in [0.15, 0.2) is 0 Å². The van der Waals surface area contributed by atoms with Gasteiger partial charge in [-0.05, 0) is 53.8 Å². The van der Waals surface area contributed by atoms with E-state index in [0.29, 0.717) is 6.04 Å². The number of hydrogen-bond donors (Lipinski definition) is 1. The summed E-state index contributed by atoms with van der Waals surface area (Å²) in [4.78, 5) is 4.01. The van der Waals surface area contributed by atoms with Gasteiger partial charge < -0.3 is 5.32 Å². The number of halogens is 1. The van der Waals surface area contributed by atoms with Crippen molar-refractivity contribution in [1.29, 1.82) is 0 Å². The second-order valence-electron chi connectivity index (χ2n) is 4.69. The fourth-order valence-electron chi connectivity index (χ4n) is 2.06. The number of hydrogen-bond acceptors (Lipinski definition) is 2. The van der Waals surface area contributed by atoms with Crippen molar-refractivity contribution >= 4 is 0 Å². The fourth-order valence-corrected chi connectivity index (χ4v) is 2.06. The van der Waals surface area contributed by atoms with E-state index in [9.17, 15) is 4.39 Å². The Morgan fingerprint density at radius 1 is 1.17 bits per heavy atom. The zero-order valence-electron chi connectivity index (χ0n) is 10.1. The van der Waals surface area contributed by atoms with E-state index in [4.69, 9.17) is 0 Å². The maximum absolute atomic E-state index is 13.4. The van der Waals surface area contributed by atoms with Crippen molar-refractivity contribution < 1.29 is 4.39 Å². The monoisotopic (exact) mass is 242 g/mol. The van der Waals surface area contributed by atoms with Gasteiger partial charge in [0.05, 0.1) is 0 Å². The zero-order chi connectivity index (χ0) is 12.4.